The average molecular weight is 383 g/mol. The Morgan fingerprint density at radius 3 is 2.60 bits per heavy atom. The summed E-state index contributed by atoms with van der Waals surface area (Å²) < 4.78 is 1.78. The highest BCUT2D eigenvalue weighted by Gasteiger charge is 2.11. The van der Waals surface area contributed by atoms with Crippen LogP contribution in [0.15, 0.2) is 18.3 Å². The summed E-state index contributed by atoms with van der Waals surface area (Å²) in [4.78, 5) is 15.2. The van der Waals surface area contributed by atoms with Crippen LogP contribution in [-0.2, 0) is 6.54 Å². The van der Waals surface area contributed by atoms with Crippen molar-refractivity contribution in [2.24, 2.45) is 0 Å². The maximum absolute atomic E-state index is 11.1. The largest absolute Gasteiger partial charge is 0.365 e. The molecule has 0 radical (unpaired) electrons. The Balaban J connectivity index is 0.000000381. The second-order valence-corrected chi connectivity index (χ2v) is 5.88. The van der Waals surface area contributed by atoms with E-state index in [1.54, 1.807) is 31.0 Å². The highest BCUT2D eigenvalue weighted by Crippen LogP contribution is 2.24. The smallest absolute Gasteiger partial charge is 0.180 e. The van der Waals surface area contributed by atoms with E-state index in [2.05, 4.69) is 45.4 Å². The maximum atomic E-state index is 11.1. The van der Waals surface area contributed by atoms with Crippen molar-refractivity contribution in [3.05, 3.63) is 34.7 Å². The number of nitrogens with zero attached hydrogens (tertiary/aromatic N) is 3. The lowest BCUT2D eigenvalue weighted by Gasteiger charge is -2.01. The highest BCUT2D eigenvalue weighted by atomic mass is 35.5. The van der Waals surface area contributed by atoms with E-state index < -0.39 is 0 Å². The summed E-state index contributed by atoms with van der Waals surface area (Å²) >= 11 is 10.6. The molecule has 7 nitrogen and oxygen atoms in total. The Morgan fingerprint density at radius 1 is 1.40 bits per heavy atom. The zero-order chi connectivity index (χ0) is 18.8. The molecule has 0 unspecified atom stereocenters. The molecule has 0 saturated carbocycles. The van der Waals surface area contributed by atoms with E-state index >= 15 is 0 Å². The van der Waals surface area contributed by atoms with Crippen LogP contribution < -0.4 is 16.2 Å². The first kappa shape index (κ1) is 21.0. The lowest BCUT2D eigenvalue weighted by atomic mass is 10.1. The van der Waals surface area contributed by atoms with Crippen molar-refractivity contribution in [2.45, 2.75) is 26.8 Å². The molecule has 2 aromatic heterocycles. The summed E-state index contributed by atoms with van der Waals surface area (Å²) in [5, 5.41) is 8.15. The van der Waals surface area contributed by atoms with Gasteiger partial charge >= 0.3 is 0 Å². The Hall–Kier alpha value is -2.03. The average Bonchev–Trinajstić information content (AvgIpc) is 2.98. The van der Waals surface area contributed by atoms with Gasteiger partial charge in [0.1, 0.15) is 10.8 Å². The number of pyridine rings is 1. The number of hydrogen-bond acceptors (Lipinski definition) is 5. The van der Waals surface area contributed by atoms with Gasteiger partial charge in [-0.15, -0.1) is 0 Å². The number of nitrogens with one attached hydrogen (secondary N) is 3. The van der Waals surface area contributed by atoms with Gasteiger partial charge in [0.2, 0.25) is 0 Å². The fourth-order valence-electron chi connectivity index (χ4n) is 2.03. The molecule has 0 bridgehead atoms. The first-order chi connectivity index (χ1) is 11.9. The highest BCUT2D eigenvalue weighted by molar-refractivity contribution is 7.80. The number of thiocarbonyl (C=S) groups is 1. The van der Waals surface area contributed by atoms with Crippen LogP contribution >= 0.6 is 23.8 Å². The molecule has 2 rings (SSSR count). The van der Waals surface area contributed by atoms with E-state index in [1.165, 1.54) is 0 Å². The number of aryl methyl sites for hydroxylation is 2. The molecule has 0 fully saturated rings. The zero-order valence-corrected chi connectivity index (χ0v) is 16.3. The summed E-state index contributed by atoms with van der Waals surface area (Å²) in [6.45, 7) is 4.72. The van der Waals surface area contributed by atoms with Crippen LogP contribution in [0.2, 0.25) is 5.15 Å². The van der Waals surface area contributed by atoms with E-state index in [1.807, 2.05) is 13.0 Å². The molecule has 9 heteroatoms. The predicted molar refractivity (Wildman–Crippen MR) is 105 cm³/mol. The molecule has 25 heavy (non-hydrogen) atoms. The van der Waals surface area contributed by atoms with Crippen molar-refractivity contribution in [3.63, 3.8) is 0 Å². The van der Waals surface area contributed by atoms with Crippen LogP contribution in [0.25, 0.3) is 11.3 Å². The summed E-state index contributed by atoms with van der Waals surface area (Å²) in [7, 11) is 3.51. The van der Waals surface area contributed by atoms with Crippen molar-refractivity contribution in [2.75, 3.05) is 14.1 Å². The van der Waals surface area contributed by atoms with Gasteiger partial charge in [-0.2, -0.15) is 5.10 Å². The van der Waals surface area contributed by atoms with E-state index in [4.69, 9.17) is 11.6 Å². The monoisotopic (exact) mass is 382 g/mol. The minimum atomic E-state index is 0.409. The van der Waals surface area contributed by atoms with Gasteiger partial charge in [0.05, 0.1) is 5.56 Å². The van der Waals surface area contributed by atoms with Crippen molar-refractivity contribution in [3.8, 4) is 11.3 Å². The fourth-order valence-corrected chi connectivity index (χ4v) is 2.38. The van der Waals surface area contributed by atoms with Crippen molar-refractivity contribution in [1.29, 1.82) is 0 Å². The van der Waals surface area contributed by atoms with Crippen LogP contribution in [0.1, 0.15) is 29.4 Å². The van der Waals surface area contributed by atoms with Crippen molar-refractivity contribution >= 4 is 35.2 Å². The van der Waals surface area contributed by atoms with Crippen molar-refractivity contribution < 1.29 is 4.79 Å². The number of carbonyl (C=O) groups is 1. The van der Waals surface area contributed by atoms with E-state index in [9.17, 15) is 4.79 Å². The number of carbonyl (C=O) groups excluding carboxylic acids is 1. The van der Waals surface area contributed by atoms with Gasteiger partial charge < -0.3 is 5.32 Å². The van der Waals surface area contributed by atoms with Crippen LogP contribution in [0.5, 0.6) is 0 Å². The van der Waals surface area contributed by atoms with E-state index in [0.717, 1.165) is 30.5 Å². The lowest BCUT2D eigenvalue weighted by Crippen LogP contribution is -2.40. The lowest BCUT2D eigenvalue weighted by molar-refractivity contribution is 0.112. The van der Waals surface area contributed by atoms with Gasteiger partial charge in [-0.05, 0) is 37.7 Å². The molecular weight excluding hydrogens is 360 g/mol. The third-order valence-electron chi connectivity index (χ3n) is 3.03. The normalized spacial score (nSPS) is 9.80. The molecule has 0 atom stereocenters. The third kappa shape index (κ3) is 6.77. The SMILES string of the molecule is CCCn1cc(C=O)c(-c2cc(C)nc(Cl)c2)n1.CNNC(=S)NC. The number of halogens is 1. The molecule has 0 aliphatic carbocycles. The minimum Gasteiger partial charge on any atom is -0.365 e. The Morgan fingerprint density at radius 2 is 2.12 bits per heavy atom. The van der Waals surface area contributed by atoms with E-state index in [-0.39, 0.29) is 0 Å². The van der Waals surface area contributed by atoms with Gasteiger partial charge in [-0.1, -0.05) is 18.5 Å². The molecule has 0 saturated heterocycles. The molecule has 0 spiro atoms. The number of aromatic nitrogens is 3. The minimum absolute atomic E-state index is 0.409. The van der Waals surface area contributed by atoms with Crippen LogP contribution in [0.4, 0.5) is 0 Å². The zero-order valence-electron chi connectivity index (χ0n) is 14.8. The molecule has 0 aliphatic rings. The molecule has 0 aliphatic heterocycles. The standard InChI is InChI=1S/C13H14ClN3O.C3H9N3S/c1-3-4-17-7-11(8-18)13(16-17)10-5-9(2)15-12(14)6-10;1-4-3(7)6-5-2/h5-8H,3-4H2,1-2H3;5H,1-2H3,(H2,4,6,7). The molecule has 2 aromatic rings. The molecule has 136 valence electrons. The Kier molecular flexibility index (Phi) is 9.04. The van der Waals surface area contributed by atoms with Crippen LogP contribution in [0.3, 0.4) is 0 Å². The Labute approximate surface area is 158 Å². The predicted octanol–water partition coefficient (Wildman–Crippen LogP) is 2.34. The second kappa shape index (κ2) is 10.8. The number of hydrogen-bond donors (Lipinski definition) is 3. The topological polar surface area (TPSA) is 83.9 Å². The summed E-state index contributed by atoms with van der Waals surface area (Å²) in [6.07, 6.45) is 3.54. The first-order valence-corrected chi connectivity index (χ1v) is 8.55. The number of aldehydes is 1. The van der Waals surface area contributed by atoms with Gasteiger partial charge in [-0.25, -0.2) is 10.4 Å². The summed E-state index contributed by atoms with van der Waals surface area (Å²) in [6, 6.07) is 3.59. The van der Waals surface area contributed by atoms with Gasteiger partial charge in [0, 0.05) is 38.1 Å². The molecule has 0 aromatic carbocycles. The van der Waals surface area contributed by atoms with Crippen LogP contribution in [-0.4, -0.2) is 40.3 Å². The Bertz CT molecular complexity index is 698. The second-order valence-electron chi connectivity index (χ2n) is 5.09. The summed E-state index contributed by atoms with van der Waals surface area (Å²) in [5.41, 5.74) is 8.19. The van der Waals surface area contributed by atoms with Crippen LogP contribution in [0, 0.1) is 6.92 Å². The first-order valence-electron chi connectivity index (χ1n) is 7.76. The van der Waals surface area contributed by atoms with E-state index in [0.29, 0.717) is 21.5 Å². The number of rotatable bonds is 5. The molecule has 3 N–H and O–H groups in total. The van der Waals surface area contributed by atoms with Gasteiger partial charge in [0.15, 0.2) is 11.4 Å². The quantitative estimate of drug-likeness (QED) is 0.317. The number of hydrazine groups is 1. The third-order valence-corrected chi connectivity index (χ3v) is 3.53. The molecular formula is C16H23ClN6OS. The summed E-state index contributed by atoms with van der Waals surface area (Å²) in [5.74, 6) is 0. The van der Waals surface area contributed by atoms with Gasteiger partial charge in [-0.3, -0.25) is 14.9 Å². The maximum Gasteiger partial charge on any atom is 0.180 e. The fraction of sp³-hybridized carbons (Fsp3) is 0.375. The van der Waals surface area contributed by atoms with Crippen molar-refractivity contribution in [1.82, 2.24) is 30.9 Å². The van der Waals surface area contributed by atoms with Gasteiger partial charge in [0.25, 0.3) is 0 Å². The molecule has 2 heterocycles. The molecule has 0 amide bonds.